The van der Waals surface area contributed by atoms with Gasteiger partial charge in [-0.3, -0.25) is 19.9 Å². The van der Waals surface area contributed by atoms with Crippen LogP contribution in [0.5, 0.6) is 0 Å². The maximum atomic E-state index is 14.1. The number of hydrogen-bond acceptors (Lipinski definition) is 5. The van der Waals surface area contributed by atoms with E-state index >= 15 is 0 Å². The zero-order valence-corrected chi connectivity index (χ0v) is 14.1. The van der Waals surface area contributed by atoms with Crippen LogP contribution in [0.2, 0.25) is 0 Å². The number of halogens is 1. The standard InChI is InChI=1S/C20H14FN5O/c21-12-6-13-16(27)9-23-19-17(13)15(7-12)22-8-14(11-4-2-1-3-5-11)18(19)20-24-10-25-26-20/h1-8,10,14,18H,9H2,(H,24,25,26). The van der Waals surface area contributed by atoms with Crippen LogP contribution < -0.4 is 0 Å². The number of Topliss-reactive ketones (excluding diaryl/α,β-unsaturated/α-hetero) is 1. The quantitative estimate of drug-likeness (QED) is 0.763. The molecule has 132 valence electrons. The van der Waals surface area contributed by atoms with Crippen molar-refractivity contribution in [1.82, 2.24) is 15.2 Å². The molecular formula is C20H14FN5O. The Kier molecular flexibility index (Phi) is 3.53. The van der Waals surface area contributed by atoms with Gasteiger partial charge in [-0.2, -0.15) is 5.10 Å². The fourth-order valence-electron chi connectivity index (χ4n) is 3.79. The molecule has 0 fully saturated rings. The summed E-state index contributed by atoms with van der Waals surface area (Å²) in [6, 6.07) is 12.5. The molecule has 27 heavy (non-hydrogen) atoms. The Labute approximate surface area is 153 Å². The summed E-state index contributed by atoms with van der Waals surface area (Å²) in [5.41, 5.74) is 3.04. The molecule has 0 amide bonds. The van der Waals surface area contributed by atoms with Crippen molar-refractivity contribution in [3.63, 3.8) is 0 Å². The van der Waals surface area contributed by atoms with Gasteiger partial charge < -0.3 is 0 Å². The lowest BCUT2D eigenvalue weighted by atomic mass is 9.79. The molecule has 0 radical (unpaired) electrons. The fourth-order valence-corrected chi connectivity index (χ4v) is 3.79. The van der Waals surface area contributed by atoms with E-state index in [0.29, 0.717) is 28.4 Å². The molecule has 6 nitrogen and oxygen atoms in total. The Hall–Kier alpha value is -3.48. The summed E-state index contributed by atoms with van der Waals surface area (Å²) in [4.78, 5) is 25.8. The van der Waals surface area contributed by atoms with Crippen molar-refractivity contribution in [3.8, 4) is 0 Å². The van der Waals surface area contributed by atoms with Crippen LogP contribution in [0.25, 0.3) is 0 Å². The fraction of sp³-hybridized carbons (Fsp3) is 0.150. The van der Waals surface area contributed by atoms with E-state index in [4.69, 9.17) is 0 Å². The van der Waals surface area contributed by atoms with Crippen LogP contribution in [0.4, 0.5) is 10.1 Å². The van der Waals surface area contributed by atoms with Crippen molar-refractivity contribution in [3.05, 3.63) is 77.1 Å². The first kappa shape index (κ1) is 15.7. The van der Waals surface area contributed by atoms with E-state index in [1.54, 1.807) is 6.21 Å². The van der Waals surface area contributed by atoms with Gasteiger partial charge in [0.25, 0.3) is 0 Å². The third-order valence-corrected chi connectivity index (χ3v) is 4.97. The van der Waals surface area contributed by atoms with Gasteiger partial charge in [-0.15, -0.1) is 0 Å². The molecule has 2 aromatic carbocycles. The monoisotopic (exact) mass is 359 g/mol. The highest BCUT2D eigenvalue weighted by molar-refractivity contribution is 6.21. The highest BCUT2D eigenvalue weighted by Crippen LogP contribution is 2.41. The summed E-state index contributed by atoms with van der Waals surface area (Å²) >= 11 is 0. The van der Waals surface area contributed by atoms with Crippen molar-refractivity contribution in [1.29, 1.82) is 0 Å². The molecule has 0 saturated heterocycles. The molecular weight excluding hydrogens is 345 g/mol. The van der Waals surface area contributed by atoms with E-state index in [0.717, 1.165) is 5.56 Å². The Morgan fingerprint density at radius 1 is 1.15 bits per heavy atom. The predicted octanol–water partition coefficient (Wildman–Crippen LogP) is 3.21. The number of nitrogens with zero attached hydrogens (tertiary/aromatic N) is 4. The van der Waals surface area contributed by atoms with E-state index in [1.165, 1.54) is 18.5 Å². The molecule has 0 bridgehead atoms. The van der Waals surface area contributed by atoms with E-state index in [1.807, 2.05) is 30.3 Å². The Morgan fingerprint density at radius 3 is 2.78 bits per heavy atom. The third-order valence-electron chi connectivity index (χ3n) is 4.97. The van der Waals surface area contributed by atoms with Gasteiger partial charge in [0.2, 0.25) is 0 Å². The van der Waals surface area contributed by atoms with Crippen LogP contribution in [0.15, 0.2) is 58.8 Å². The van der Waals surface area contributed by atoms with Crippen LogP contribution in [0.3, 0.4) is 0 Å². The highest BCUT2D eigenvalue weighted by atomic mass is 19.1. The molecule has 3 heterocycles. The second kappa shape index (κ2) is 6.05. The number of carbonyl (C=O) groups excluding carboxylic acids is 1. The van der Waals surface area contributed by atoms with E-state index in [2.05, 4.69) is 25.2 Å². The number of aliphatic imine (C=N–C) groups is 2. The molecule has 1 aromatic heterocycles. The van der Waals surface area contributed by atoms with E-state index < -0.39 is 5.82 Å². The van der Waals surface area contributed by atoms with Crippen LogP contribution in [-0.4, -0.2) is 39.4 Å². The first-order valence-electron chi connectivity index (χ1n) is 8.58. The lowest BCUT2D eigenvalue weighted by molar-refractivity contribution is 0.0999. The molecule has 2 aliphatic heterocycles. The lowest BCUT2D eigenvalue weighted by Crippen LogP contribution is -2.28. The van der Waals surface area contributed by atoms with E-state index in [-0.39, 0.29) is 24.2 Å². The Bertz CT molecular complexity index is 1090. The molecule has 0 spiro atoms. The first-order chi connectivity index (χ1) is 13.2. The Balaban J connectivity index is 1.79. The molecule has 5 rings (SSSR count). The van der Waals surface area contributed by atoms with Crippen LogP contribution in [0.1, 0.15) is 39.1 Å². The summed E-state index contributed by atoms with van der Waals surface area (Å²) in [5.74, 6) is -0.554. The van der Waals surface area contributed by atoms with Crippen molar-refractivity contribution in [2.24, 2.45) is 9.98 Å². The topological polar surface area (TPSA) is 83.4 Å². The van der Waals surface area contributed by atoms with Gasteiger partial charge in [-0.05, 0) is 11.6 Å². The second-order valence-electron chi connectivity index (χ2n) is 6.54. The molecule has 2 atom stereocenters. The van der Waals surface area contributed by atoms with Crippen molar-refractivity contribution < 1.29 is 9.18 Å². The maximum Gasteiger partial charge on any atom is 0.185 e. The SMILES string of the molecule is O=C1CN=C2c3c(cc(F)cc31)N=CC(c1ccccc1)C2c1ncn[nH]1. The first-order valence-corrected chi connectivity index (χ1v) is 8.58. The van der Waals surface area contributed by atoms with Crippen LogP contribution in [-0.2, 0) is 0 Å². The molecule has 2 unspecified atom stereocenters. The molecule has 3 aromatic rings. The Morgan fingerprint density at radius 2 is 2.00 bits per heavy atom. The van der Waals surface area contributed by atoms with Crippen LogP contribution in [0, 0.1) is 5.82 Å². The van der Waals surface area contributed by atoms with Crippen molar-refractivity contribution in [2.75, 3.05) is 6.54 Å². The number of ketones is 1. The number of hydrogen-bond donors (Lipinski definition) is 1. The minimum Gasteiger partial charge on any atom is -0.292 e. The van der Waals surface area contributed by atoms with Crippen molar-refractivity contribution >= 4 is 23.4 Å². The van der Waals surface area contributed by atoms with Gasteiger partial charge in [0.15, 0.2) is 5.78 Å². The van der Waals surface area contributed by atoms with Gasteiger partial charge in [0.1, 0.15) is 24.5 Å². The van der Waals surface area contributed by atoms with Gasteiger partial charge in [0.05, 0.1) is 17.3 Å². The number of benzene rings is 2. The molecule has 0 aliphatic carbocycles. The number of nitrogens with one attached hydrogen (secondary N) is 1. The summed E-state index contributed by atoms with van der Waals surface area (Å²) in [5, 5.41) is 6.92. The zero-order chi connectivity index (χ0) is 18.4. The smallest absolute Gasteiger partial charge is 0.185 e. The summed E-state index contributed by atoms with van der Waals surface area (Å²) in [7, 11) is 0. The number of H-pyrrole nitrogens is 1. The van der Waals surface area contributed by atoms with Gasteiger partial charge in [-0.1, -0.05) is 30.3 Å². The minimum absolute atomic E-state index is 0.0165. The lowest BCUT2D eigenvalue weighted by Gasteiger charge is -2.26. The van der Waals surface area contributed by atoms with Gasteiger partial charge in [-0.25, -0.2) is 9.37 Å². The molecule has 2 aliphatic rings. The molecule has 1 N–H and O–H groups in total. The molecule has 7 heteroatoms. The summed E-state index contributed by atoms with van der Waals surface area (Å²) in [6.07, 6.45) is 3.23. The summed E-state index contributed by atoms with van der Waals surface area (Å²) in [6.45, 7) is -0.0165. The molecule has 0 saturated carbocycles. The van der Waals surface area contributed by atoms with Gasteiger partial charge in [0, 0.05) is 29.3 Å². The van der Waals surface area contributed by atoms with E-state index in [9.17, 15) is 9.18 Å². The number of carbonyl (C=O) groups is 1. The minimum atomic E-state index is -0.482. The largest absolute Gasteiger partial charge is 0.292 e. The summed E-state index contributed by atoms with van der Waals surface area (Å²) < 4.78 is 14.1. The van der Waals surface area contributed by atoms with Crippen molar-refractivity contribution in [2.45, 2.75) is 11.8 Å². The second-order valence-corrected chi connectivity index (χ2v) is 6.54. The average Bonchev–Trinajstić information content (AvgIpc) is 3.16. The average molecular weight is 359 g/mol. The highest BCUT2D eigenvalue weighted by Gasteiger charge is 2.38. The zero-order valence-electron chi connectivity index (χ0n) is 14.1. The van der Waals surface area contributed by atoms with Crippen LogP contribution >= 0.6 is 0 Å². The normalized spacial score (nSPS) is 20.8. The maximum absolute atomic E-state index is 14.1. The number of aromatic amines is 1. The number of rotatable bonds is 2. The third kappa shape index (κ3) is 2.51. The predicted molar refractivity (Wildman–Crippen MR) is 98.6 cm³/mol. The number of aromatic nitrogens is 3. The van der Waals surface area contributed by atoms with Gasteiger partial charge >= 0.3 is 0 Å².